The van der Waals surface area contributed by atoms with Crippen LogP contribution in [0.25, 0.3) is 0 Å². The van der Waals surface area contributed by atoms with Gasteiger partial charge in [0.05, 0.1) is 0 Å². The Morgan fingerprint density at radius 1 is 1.23 bits per heavy atom. The van der Waals surface area contributed by atoms with E-state index in [1.807, 2.05) is 22.7 Å². The molecule has 4 heterocycles. The van der Waals surface area contributed by atoms with E-state index >= 15 is 0 Å². The summed E-state index contributed by atoms with van der Waals surface area (Å²) >= 11 is 0. The van der Waals surface area contributed by atoms with Crippen LogP contribution in [0.2, 0.25) is 0 Å². The summed E-state index contributed by atoms with van der Waals surface area (Å²) in [6, 6.07) is 5.37. The summed E-state index contributed by atoms with van der Waals surface area (Å²) in [6.45, 7) is 0.193. The molecule has 3 aliphatic rings. The van der Waals surface area contributed by atoms with Gasteiger partial charge in [0.25, 0.3) is 5.91 Å². The van der Waals surface area contributed by atoms with Crippen molar-refractivity contribution >= 4 is 5.91 Å². The van der Waals surface area contributed by atoms with Gasteiger partial charge in [-0.3, -0.25) is 4.79 Å². The van der Waals surface area contributed by atoms with Crippen molar-refractivity contribution < 1.29 is 19.4 Å². The van der Waals surface area contributed by atoms with Gasteiger partial charge in [-0.05, 0) is 31.0 Å². The van der Waals surface area contributed by atoms with Gasteiger partial charge in [-0.25, -0.2) is 4.98 Å². The molecule has 1 aromatic carbocycles. The lowest BCUT2D eigenvalue weighted by Gasteiger charge is -2.43. The second kappa shape index (κ2) is 5.48. The number of rotatable bonds is 2. The molecule has 7 nitrogen and oxygen atoms in total. The summed E-state index contributed by atoms with van der Waals surface area (Å²) in [6.07, 6.45) is 6.41. The molecule has 136 valence electrons. The lowest BCUT2D eigenvalue weighted by atomic mass is 9.85. The van der Waals surface area contributed by atoms with Gasteiger partial charge < -0.3 is 24.0 Å². The maximum Gasteiger partial charge on any atom is 0.254 e. The molecule has 2 bridgehead atoms. The van der Waals surface area contributed by atoms with Crippen LogP contribution in [0.5, 0.6) is 11.5 Å². The summed E-state index contributed by atoms with van der Waals surface area (Å²) in [5, 5.41) is 11.2. The number of piperidine rings is 1. The molecule has 3 aliphatic heterocycles. The van der Waals surface area contributed by atoms with Gasteiger partial charge in [0, 0.05) is 49.9 Å². The number of aryl methyl sites for hydroxylation is 1. The Morgan fingerprint density at radius 3 is 2.65 bits per heavy atom. The summed E-state index contributed by atoms with van der Waals surface area (Å²) in [7, 11) is 1.90. The van der Waals surface area contributed by atoms with Gasteiger partial charge in [0.2, 0.25) is 6.79 Å². The smallest absolute Gasteiger partial charge is 0.254 e. The monoisotopic (exact) mass is 355 g/mol. The van der Waals surface area contributed by atoms with E-state index in [9.17, 15) is 9.90 Å². The van der Waals surface area contributed by atoms with E-state index in [1.54, 1.807) is 24.4 Å². The zero-order valence-electron chi connectivity index (χ0n) is 14.6. The maximum atomic E-state index is 13.2. The predicted molar refractivity (Wildman–Crippen MR) is 91.9 cm³/mol. The molecule has 1 amide bonds. The first-order chi connectivity index (χ1) is 12.5. The number of hydrogen-bond donors (Lipinski definition) is 1. The van der Waals surface area contributed by atoms with E-state index in [0.717, 1.165) is 12.8 Å². The van der Waals surface area contributed by atoms with Crippen LogP contribution in [-0.4, -0.2) is 44.3 Å². The average Bonchev–Trinajstić information content (AvgIpc) is 3.32. The Kier molecular flexibility index (Phi) is 3.31. The van der Waals surface area contributed by atoms with Gasteiger partial charge in [-0.1, -0.05) is 0 Å². The summed E-state index contributed by atoms with van der Waals surface area (Å²) < 4.78 is 12.6. The number of fused-ring (bicyclic) bond motifs is 3. The van der Waals surface area contributed by atoms with Crippen LogP contribution >= 0.6 is 0 Å². The van der Waals surface area contributed by atoms with E-state index in [2.05, 4.69) is 4.98 Å². The number of amides is 1. The van der Waals surface area contributed by atoms with Crippen LogP contribution < -0.4 is 9.47 Å². The molecule has 2 aromatic rings. The van der Waals surface area contributed by atoms with Crippen LogP contribution in [0, 0.1) is 0 Å². The molecule has 0 spiro atoms. The largest absolute Gasteiger partial charge is 0.454 e. The fraction of sp³-hybridized carbons (Fsp3) is 0.474. The second-order valence-corrected chi connectivity index (χ2v) is 7.47. The van der Waals surface area contributed by atoms with E-state index in [0.29, 0.717) is 35.7 Å². The highest BCUT2D eigenvalue weighted by Crippen LogP contribution is 2.46. The number of imidazole rings is 1. The number of aromatic nitrogens is 2. The molecule has 2 saturated heterocycles. The van der Waals surface area contributed by atoms with Crippen molar-refractivity contribution in [2.24, 2.45) is 7.05 Å². The minimum Gasteiger partial charge on any atom is -0.454 e. The zero-order chi connectivity index (χ0) is 17.9. The highest BCUT2D eigenvalue weighted by atomic mass is 16.7. The van der Waals surface area contributed by atoms with E-state index in [-0.39, 0.29) is 24.8 Å². The van der Waals surface area contributed by atoms with Crippen molar-refractivity contribution in [3.63, 3.8) is 0 Å². The van der Waals surface area contributed by atoms with Gasteiger partial charge in [-0.2, -0.15) is 0 Å². The summed E-state index contributed by atoms with van der Waals surface area (Å²) in [5.74, 6) is 1.97. The standard InChI is InChI=1S/C19H21N3O4/c1-21-7-6-20-18(21)19(24)9-13-3-4-14(10-19)22(13)17(23)12-2-5-15-16(8-12)26-11-25-15/h2,5-8,13-14,24H,3-4,9-11H2,1H3. The third-order valence-corrected chi connectivity index (χ3v) is 5.86. The molecule has 2 fully saturated rings. The Bertz CT molecular complexity index is 863. The Labute approximate surface area is 151 Å². The SMILES string of the molecule is Cn1ccnc1C1(O)CC2CCC(C1)N2C(=O)c1ccc2c(c1)OCO2. The molecule has 0 saturated carbocycles. The lowest BCUT2D eigenvalue weighted by molar-refractivity contribution is -0.0555. The highest BCUT2D eigenvalue weighted by molar-refractivity contribution is 5.95. The van der Waals surface area contributed by atoms with Crippen molar-refractivity contribution in [3.8, 4) is 11.5 Å². The fourth-order valence-electron chi connectivity index (χ4n) is 4.73. The first-order valence-corrected chi connectivity index (χ1v) is 8.98. The zero-order valence-corrected chi connectivity index (χ0v) is 14.6. The molecule has 0 radical (unpaired) electrons. The van der Waals surface area contributed by atoms with E-state index < -0.39 is 5.60 Å². The second-order valence-electron chi connectivity index (χ2n) is 7.47. The normalized spacial score (nSPS) is 29.2. The minimum absolute atomic E-state index is 0.00214. The van der Waals surface area contributed by atoms with Crippen LogP contribution in [0.4, 0.5) is 0 Å². The van der Waals surface area contributed by atoms with Crippen molar-refractivity contribution in [1.82, 2.24) is 14.5 Å². The van der Waals surface area contributed by atoms with Crippen LogP contribution in [-0.2, 0) is 12.6 Å². The average molecular weight is 355 g/mol. The maximum absolute atomic E-state index is 13.2. The van der Waals surface area contributed by atoms with Crippen molar-refractivity contribution in [1.29, 1.82) is 0 Å². The fourth-order valence-corrected chi connectivity index (χ4v) is 4.73. The number of hydrogen-bond acceptors (Lipinski definition) is 5. The van der Waals surface area contributed by atoms with E-state index in [1.165, 1.54) is 0 Å². The molecular weight excluding hydrogens is 334 g/mol. The Hall–Kier alpha value is -2.54. The number of carbonyl (C=O) groups excluding carboxylic acids is 1. The van der Waals surface area contributed by atoms with Crippen molar-refractivity contribution in [2.75, 3.05) is 6.79 Å². The van der Waals surface area contributed by atoms with Crippen LogP contribution in [0.15, 0.2) is 30.6 Å². The van der Waals surface area contributed by atoms with Crippen LogP contribution in [0.3, 0.4) is 0 Å². The summed E-state index contributed by atoms with van der Waals surface area (Å²) in [5.41, 5.74) is -0.371. The van der Waals surface area contributed by atoms with Crippen molar-refractivity contribution in [2.45, 2.75) is 43.4 Å². The number of nitrogens with zero attached hydrogens (tertiary/aromatic N) is 3. The number of benzene rings is 1. The molecule has 1 N–H and O–H groups in total. The number of carbonyl (C=O) groups is 1. The summed E-state index contributed by atoms with van der Waals surface area (Å²) in [4.78, 5) is 19.5. The third-order valence-electron chi connectivity index (χ3n) is 5.86. The molecule has 5 rings (SSSR count). The van der Waals surface area contributed by atoms with E-state index in [4.69, 9.17) is 9.47 Å². The van der Waals surface area contributed by atoms with Crippen LogP contribution in [0.1, 0.15) is 41.9 Å². The lowest BCUT2D eigenvalue weighted by Crippen LogP contribution is -2.52. The minimum atomic E-state index is -0.976. The molecule has 2 unspecified atom stereocenters. The molecule has 2 atom stereocenters. The van der Waals surface area contributed by atoms with Gasteiger partial charge in [0.1, 0.15) is 11.4 Å². The predicted octanol–water partition coefficient (Wildman–Crippen LogP) is 1.80. The topological polar surface area (TPSA) is 76.8 Å². The quantitative estimate of drug-likeness (QED) is 0.889. The third kappa shape index (κ3) is 2.23. The molecular formula is C19H21N3O4. The first-order valence-electron chi connectivity index (χ1n) is 8.98. The Balaban J connectivity index is 1.42. The van der Waals surface area contributed by atoms with Gasteiger partial charge >= 0.3 is 0 Å². The van der Waals surface area contributed by atoms with Gasteiger partial charge in [-0.15, -0.1) is 0 Å². The van der Waals surface area contributed by atoms with Crippen molar-refractivity contribution in [3.05, 3.63) is 42.0 Å². The van der Waals surface area contributed by atoms with Gasteiger partial charge in [0.15, 0.2) is 11.5 Å². The molecule has 7 heteroatoms. The number of ether oxygens (including phenoxy) is 2. The highest BCUT2D eigenvalue weighted by Gasteiger charge is 2.51. The first kappa shape index (κ1) is 15.7. The molecule has 0 aliphatic carbocycles. The molecule has 1 aromatic heterocycles. The number of aliphatic hydroxyl groups is 1. The molecule has 26 heavy (non-hydrogen) atoms. The Morgan fingerprint density at radius 2 is 1.96 bits per heavy atom.